The van der Waals surface area contributed by atoms with E-state index in [0.717, 1.165) is 0 Å². The van der Waals surface area contributed by atoms with Crippen LogP contribution >= 0.6 is 0 Å². The SMILES string of the molecule is CO[C@H]1/C=C/O[C@@]2(C)Oc3c(C)c(O)c4c(O)c(c(N5CCN(Cc6c(C)cc(C)cc6C)CC5)c(O)c4c3C2=O)NC(=O)/C(C)=C\C=C\[C@H](C)[C@H](O)[C@@H](C)[C@H](O)[C@H](C)[C@H](OC(C)=O)[C@@H]1C. The summed E-state index contributed by atoms with van der Waals surface area (Å²) in [6.45, 7) is 21.5. The van der Waals surface area contributed by atoms with Crippen molar-refractivity contribution in [1.29, 1.82) is 0 Å². The number of amides is 1. The number of aliphatic hydroxyl groups excluding tert-OH is 2. The number of nitrogens with one attached hydrogen (secondary N) is 1. The largest absolute Gasteiger partial charge is 0.507 e. The molecule has 0 saturated carbocycles. The maximum Gasteiger partial charge on any atom is 0.312 e. The summed E-state index contributed by atoms with van der Waals surface area (Å²) in [6.07, 6.45) is 3.71. The van der Waals surface area contributed by atoms with Crippen molar-refractivity contribution in [3.8, 4) is 23.0 Å². The number of allylic oxidation sites excluding steroid dienone is 2. The fourth-order valence-electron chi connectivity index (χ4n) is 9.83. The van der Waals surface area contributed by atoms with Crippen molar-refractivity contribution in [3.63, 3.8) is 0 Å². The predicted molar refractivity (Wildman–Crippen MR) is 252 cm³/mol. The molecule has 1 fully saturated rings. The Bertz CT molecular complexity index is 2450. The Kier molecular flexibility index (Phi) is 14.9. The summed E-state index contributed by atoms with van der Waals surface area (Å²) >= 11 is 0. The first-order valence-electron chi connectivity index (χ1n) is 22.6. The summed E-state index contributed by atoms with van der Waals surface area (Å²) in [4.78, 5) is 45.3. The third-order valence-electron chi connectivity index (χ3n) is 13.9. The first kappa shape index (κ1) is 49.8. The Labute approximate surface area is 387 Å². The molecule has 4 heterocycles. The molecule has 358 valence electrons. The van der Waals surface area contributed by atoms with Gasteiger partial charge >= 0.3 is 11.8 Å². The van der Waals surface area contributed by atoms with Crippen molar-refractivity contribution in [1.82, 2.24) is 4.90 Å². The van der Waals surface area contributed by atoms with Gasteiger partial charge < -0.3 is 54.7 Å². The van der Waals surface area contributed by atoms with Gasteiger partial charge in [0.15, 0.2) is 5.75 Å². The number of aryl methyl sites for hydroxylation is 3. The average Bonchev–Trinajstić information content (AvgIpc) is 3.53. The minimum atomic E-state index is -2.04. The molecule has 1 saturated heterocycles. The van der Waals surface area contributed by atoms with E-state index in [1.165, 1.54) is 68.5 Å². The highest BCUT2D eigenvalue weighted by molar-refractivity contribution is 6.23. The number of phenols is 3. The molecule has 5 bridgehead atoms. The van der Waals surface area contributed by atoms with Crippen molar-refractivity contribution in [2.45, 2.75) is 113 Å². The fraction of sp³-hybridized carbons (Fsp3) is 0.510. The zero-order valence-electron chi connectivity index (χ0n) is 40.2. The first-order chi connectivity index (χ1) is 31.0. The van der Waals surface area contributed by atoms with Crippen molar-refractivity contribution in [2.24, 2.45) is 23.7 Å². The lowest BCUT2D eigenvalue weighted by Crippen LogP contribution is -2.46. The third-order valence-corrected chi connectivity index (χ3v) is 13.9. The number of aromatic hydroxyl groups is 3. The smallest absolute Gasteiger partial charge is 0.312 e. The van der Waals surface area contributed by atoms with E-state index >= 15 is 0 Å². The number of carbonyl (C=O) groups excluding carboxylic acids is 3. The number of nitrogens with zero attached hydrogens (tertiary/aromatic N) is 2. The second-order valence-corrected chi connectivity index (χ2v) is 18.7. The Morgan fingerprint density at radius 3 is 2.11 bits per heavy atom. The molecule has 0 unspecified atom stereocenters. The first-order valence-corrected chi connectivity index (χ1v) is 22.6. The highest BCUT2D eigenvalue weighted by Crippen LogP contribution is 2.57. The zero-order chi connectivity index (χ0) is 48.7. The molecule has 4 aliphatic heterocycles. The number of phenolic OH excluding ortho intramolecular Hbond substituents is 3. The van der Waals surface area contributed by atoms with Crippen LogP contribution < -0.4 is 15.0 Å². The van der Waals surface area contributed by atoms with E-state index in [1.807, 2.05) is 4.90 Å². The molecule has 15 nitrogen and oxygen atoms in total. The van der Waals surface area contributed by atoms with E-state index in [0.29, 0.717) is 32.7 Å². The summed E-state index contributed by atoms with van der Waals surface area (Å²) < 4.78 is 23.9. The van der Waals surface area contributed by atoms with Gasteiger partial charge in [-0.05, 0) is 57.4 Å². The maximum atomic E-state index is 14.7. The molecule has 1 amide bonds. The number of anilines is 2. The van der Waals surface area contributed by atoms with Crippen LogP contribution in [0.5, 0.6) is 23.0 Å². The molecule has 3 aromatic carbocycles. The molecule has 9 atom stereocenters. The molecule has 66 heavy (non-hydrogen) atoms. The number of methoxy groups -OCH3 is 1. The van der Waals surface area contributed by atoms with Gasteiger partial charge in [-0.25, -0.2) is 0 Å². The minimum Gasteiger partial charge on any atom is -0.507 e. The Balaban J connectivity index is 1.48. The van der Waals surface area contributed by atoms with Crippen molar-refractivity contribution in [3.05, 3.63) is 81.7 Å². The standard InChI is InChI=1S/C51H67N3O12/c1-25-22-28(4)35(29(5)23-25)24-53-17-19-54(20-18-53)41-40-45(59)38-37(46(41)60)39-48(33(9)44(38)58)66-51(11,49(39)61)64-21-16-36(63-12)30(6)47(65-34(10)55)32(8)43(57)31(7)42(56)26(2)14-13-15-27(3)50(62)52-40/h13-16,21-23,26,30-32,36,42-43,47,56-60H,17-20,24H2,1-12H3,(H,52,62)/b14-13+,21-16+,27-15-/t26-,30+,31+,32-,36-,42-,43-,47+,51-/m0/s1. The van der Waals surface area contributed by atoms with Gasteiger partial charge in [-0.1, -0.05) is 63.6 Å². The minimum absolute atomic E-state index is 0.0546. The number of carbonyl (C=O) groups is 3. The van der Waals surface area contributed by atoms with Gasteiger partial charge in [-0.15, -0.1) is 0 Å². The maximum absolute atomic E-state index is 14.7. The lowest BCUT2D eigenvalue weighted by Gasteiger charge is -2.38. The van der Waals surface area contributed by atoms with E-state index in [1.54, 1.807) is 46.8 Å². The van der Waals surface area contributed by atoms with Crippen LogP contribution in [0.3, 0.4) is 0 Å². The number of hydrogen-bond donors (Lipinski definition) is 6. The molecule has 3 aromatic rings. The molecule has 0 spiro atoms. The molecule has 7 rings (SSSR count). The lowest BCUT2D eigenvalue weighted by atomic mass is 9.78. The van der Waals surface area contributed by atoms with E-state index in [4.69, 9.17) is 18.9 Å². The monoisotopic (exact) mass is 913 g/mol. The summed E-state index contributed by atoms with van der Waals surface area (Å²) in [5.41, 5.74) is 4.85. The number of hydrogen-bond acceptors (Lipinski definition) is 14. The molecule has 15 heteroatoms. The number of Topliss-reactive ketones (excluding diaryl/α,β-unsaturated/α-hetero) is 1. The van der Waals surface area contributed by atoms with Crippen LogP contribution in [0.1, 0.15) is 86.6 Å². The number of benzene rings is 3. The summed E-state index contributed by atoms with van der Waals surface area (Å²) in [6, 6.07) is 4.33. The van der Waals surface area contributed by atoms with Gasteiger partial charge in [0.25, 0.3) is 11.7 Å². The van der Waals surface area contributed by atoms with E-state index in [-0.39, 0.29) is 44.6 Å². The summed E-state index contributed by atoms with van der Waals surface area (Å²) in [7, 11) is 1.45. The molecular weight excluding hydrogens is 847 g/mol. The highest BCUT2D eigenvalue weighted by atomic mass is 16.7. The normalized spacial score (nSPS) is 29.8. The molecule has 4 aliphatic rings. The Morgan fingerprint density at radius 1 is 0.864 bits per heavy atom. The highest BCUT2D eigenvalue weighted by Gasteiger charge is 2.50. The molecule has 0 aromatic heterocycles. The van der Waals surface area contributed by atoms with Crippen LogP contribution in [-0.4, -0.2) is 112 Å². The number of ether oxygens (including phenoxy) is 4. The summed E-state index contributed by atoms with van der Waals surface area (Å²) in [5.74, 6) is -8.03. The van der Waals surface area contributed by atoms with Crippen LogP contribution in [0.4, 0.5) is 11.4 Å². The van der Waals surface area contributed by atoms with Crippen LogP contribution in [-0.2, 0) is 30.3 Å². The Morgan fingerprint density at radius 2 is 1.50 bits per heavy atom. The van der Waals surface area contributed by atoms with Gasteiger partial charge in [-0.2, -0.15) is 0 Å². The fourth-order valence-corrected chi connectivity index (χ4v) is 9.83. The van der Waals surface area contributed by atoms with Crippen molar-refractivity contribution < 1.29 is 58.9 Å². The number of ketones is 1. The number of fused-ring (bicyclic) bond motifs is 14. The summed E-state index contributed by atoms with van der Waals surface area (Å²) in [5, 5.41) is 61.9. The van der Waals surface area contributed by atoms with E-state index in [2.05, 4.69) is 43.1 Å². The van der Waals surface area contributed by atoms with Gasteiger partial charge in [0.05, 0.1) is 35.5 Å². The van der Waals surface area contributed by atoms with Crippen molar-refractivity contribution in [2.75, 3.05) is 43.5 Å². The van der Waals surface area contributed by atoms with E-state index in [9.17, 15) is 39.9 Å². The van der Waals surface area contributed by atoms with Gasteiger partial charge in [-0.3, -0.25) is 19.3 Å². The molecule has 0 radical (unpaired) electrons. The van der Waals surface area contributed by atoms with Crippen LogP contribution in [0, 0.1) is 51.4 Å². The molecular formula is C51H67N3O12. The van der Waals surface area contributed by atoms with Crippen LogP contribution in [0.2, 0.25) is 0 Å². The molecule has 6 N–H and O–H groups in total. The average molecular weight is 914 g/mol. The van der Waals surface area contributed by atoms with Crippen molar-refractivity contribution >= 4 is 39.8 Å². The predicted octanol–water partition coefficient (Wildman–Crippen LogP) is 7.00. The molecule has 0 aliphatic carbocycles. The van der Waals surface area contributed by atoms with Crippen LogP contribution in [0.15, 0.2) is 48.3 Å². The van der Waals surface area contributed by atoms with Gasteiger partial charge in [0, 0.05) is 93.9 Å². The van der Waals surface area contributed by atoms with Gasteiger partial charge in [0.2, 0.25) is 0 Å². The number of piperazine rings is 1. The number of aliphatic hydroxyl groups is 2. The second-order valence-electron chi connectivity index (χ2n) is 18.7. The number of esters is 1. The third kappa shape index (κ3) is 9.49. The zero-order valence-corrected chi connectivity index (χ0v) is 40.2. The number of rotatable bonds is 5. The quantitative estimate of drug-likeness (QED) is 0.0866. The van der Waals surface area contributed by atoms with Gasteiger partial charge in [0.1, 0.15) is 34.7 Å². The van der Waals surface area contributed by atoms with E-state index < -0.39 is 88.8 Å². The lowest BCUT2D eigenvalue weighted by molar-refractivity contribution is -0.160. The second kappa shape index (κ2) is 19.7. The topological polar surface area (TPSA) is 208 Å². The Hall–Kier alpha value is -5.61. The van der Waals surface area contributed by atoms with Crippen LogP contribution in [0.25, 0.3) is 10.8 Å².